The molecule has 0 radical (unpaired) electrons. The van der Waals surface area contributed by atoms with E-state index in [0.717, 1.165) is 50.5 Å². The number of nitrogens with two attached hydrogens (primary N) is 1. The molecule has 1 atom stereocenters. The number of piperazine rings is 1. The largest absolute Gasteiger partial charge is 0.492 e. The fourth-order valence-electron chi connectivity index (χ4n) is 4.08. The number of anilines is 1. The summed E-state index contributed by atoms with van der Waals surface area (Å²) in [6, 6.07) is 7.68. The minimum Gasteiger partial charge on any atom is -0.492 e. The van der Waals surface area contributed by atoms with Crippen LogP contribution in [0.1, 0.15) is 26.2 Å². The topological polar surface area (TPSA) is 80.3 Å². The number of hydrogen-bond donors (Lipinski definition) is 2. The molecule has 0 unspecified atom stereocenters. The minimum absolute atomic E-state index is 0.0525. The summed E-state index contributed by atoms with van der Waals surface area (Å²) < 4.78 is 5.74. The summed E-state index contributed by atoms with van der Waals surface area (Å²) >= 11 is 0. The molecule has 27 heavy (non-hydrogen) atoms. The lowest BCUT2D eigenvalue weighted by Crippen LogP contribution is -3.16. The molecular weight excluding hydrogens is 344 g/mol. The molecule has 2 saturated heterocycles. The van der Waals surface area contributed by atoms with Crippen LogP contribution in [0.3, 0.4) is 0 Å². The average molecular weight is 375 g/mol. The first-order valence-corrected chi connectivity index (χ1v) is 9.99. The number of hydrogen-bond acceptors (Lipinski definition) is 4. The molecule has 3 rings (SSSR count). The van der Waals surface area contributed by atoms with Crippen LogP contribution in [0.4, 0.5) is 5.69 Å². The molecule has 0 aliphatic carbocycles. The maximum atomic E-state index is 12.7. The van der Waals surface area contributed by atoms with Crippen LogP contribution < -0.4 is 20.3 Å². The Morgan fingerprint density at radius 2 is 1.93 bits per heavy atom. The van der Waals surface area contributed by atoms with Crippen LogP contribution in [-0.2, 0) is 9.59 Å². The van der Waals surface area contributed by atoms with Crippen molar-refractivity contribution in [2.75, 3.05) is 50.8 Å². The number of para-hydroxylation sites is 2. The maximum Gasteiger partial charge on any atom is 0.278 e. The first kappa shape index (κ1) is 19.5. The number of carbonyl (C=O) groups excluding carboxylic acids is 2. The second-order valence-electron chi connectivity index (χ2n) is 7.32. The lowest BCUT2D eigenvalue weighted by molar-refractivity contribution is -0.892. The molecule has 2 amide bonds. The lowest BCUT2D eigenvalue weighted by Gasteiger charge is -2.37. The molecule has 0 spiro atoms. The molecule has 2 fully saturated rings. The second kappa shape index (κ2) is 9.08. The van der Waals surface area contributed by atoms with Crippen LogP contribution in [0, 0.1) is 0 Å². The molecule has 3 N–H and O–H groups in total. The highest BCUT2D eigenvalue weighted by atomic mass is 16.5. The Hall–Kier alpha value is -2.28. The normalized spacial score (nSPS) is 21.1. The third kappa shape index (κ3) is 4.71. The van der Waals surface area contributed by atoms with Gasteiger partial charge in [-0.25, -0.2) is 0 Å². The number of quaternary nitrogens is 1. The predicted octanol–water partition coefficient (Wildman–Crippen LogP) is -0.343. The molecular formula is C20H31N4O3+. The van der Waals surface area contributed by atoms with Crippen molar-refractivity contribution in [3.8, 4) is 5.75 Å². The Labute approximate surface area is 161 Å². The van der Waals surface area contributed by atoms with Gasteiger partial charge in [0.05, 0.1) is 38.5 Å². The molecule has 2 aliphatic rings. The van der Waals surface area contributed by atoms with Gasteiger partial charge in [0.25, 0.3) is 5.91 Å². The van der Waals surface area contributed by atoms with Crippen LogP contribution in [-0.4, -0.2) is 68.6 Å². The molecule has 148 valence electrons. The second-order valence-corrected chi connectivity index (χ2v) is 7.32. The van der Waals surface area contributed by atoms with E-state index in [4.69, 9.17) is 10.5 Å². The predicted molar refractivity (Wildman–Crippen MR) is 104 cm³/mol. The Morgan fingerprint density at radius 3 is 2.63 bits per heavy atom. The number of benzene rings is 1. The van der Waals surface area contributed by atoms with Gasteiger partial charge >= 0.3 is 0 Å². The number of rotatable bonds is 6. The van der Waals surface area contributed by atoms with E-state index in [1.807, 2.05) is 25.1 Å². The van der Waals surface area contributed by atoms with Gasteiger partial charge in [0.2, 0.25) is 5.91 Å². The van der Waals surface area contributed by atoms with E-state index in [9.17, 15) is 9.59 Å². The molecule has 7 nitrogen and oxygen atoms in total. The molecule has 1 aromatic carbocycles. The summed E-state index contributed by atoms with van der Waals surface area (Å²) in [5, 5.41) is 0. The van der Waals surface area contributed by atoms with Crippen molar-refractivity contribution in [1.82, 2.24) is 4.90 Å². The molecule has 0 aromatic heterocycles. The van der Waals surface area contributed by atoms with E-state index in [-0.39, 0.29) is 11.8 Å². The Bertz CT molecular complexity index is 658. The SMILES string of the molecule is CCOc1ccccc1N1CC[NH+](CC(=O)N2CCCC[C@@H]2C(N)=O)CC1. The van der Waals surface area contributed by atoms with Gasteiger partial charge in [-0.05, 0) is 38.3 Å². The molecule has 2 aliphatic heterocycles. The molecule has 0 bridgehead atoms. The van der Waals surface area contributed by atoms with Gasteiger partial charge in [-0.2, -0.15) is 0 Å². The fraction of sp³-hybridized carbons (Fsp3) is 0.600. The van der Waals surface area contributed by atoms with E-state index in [1.165, 1.54) is 4.90 Å². The Morgan fingerprint density at radius 1 is 1.19 bits per heavy atom. The summed E-state index contributed by atoms with van der Waals surface area (Å²) in [5.74, 6) is 0.587. The van der Waals surface area contributed by atoms with Crippen LogP contribution in [0.15, 0.2) is 24.3 Å². The summed E-state index contributed by atoms with van der Waals surface area (Å²) in [7, 11) is 0. The van der Waals surface area contributed by atoms with Gasteiger partial charge in [-0.1, -0.05) is 12.1 Å². The highest BCUT2D eigenvalue weighted by molar-refractivity contribution is 5.87. The number of piperidine rings is 1. The first-order chi connectivity index (χ1) is 13.1. The van der Waals surface area contributed by atoms with Crippen LogP contribution in [0.25, 0.3) is 0 Å². The molecule has 0 saturated carbocycles. The summed E-state index contributed by atoms with van der Waals surface area (Å²) in [6.07, 6.45) is 2.60. The molecule has 7 heteroatoms. The number of ether oxygens (including phenoxy) is 1. The van der Waals surface area contributed by atoms with Gasteiger partial charge in [0.15, 0.2) is 6.54 Å². The van der Waals surface area contributed by atoms with Gasteiger partial charge in [-0.3, -0.25) is 9.59 Å². The van der Waals surface area contributed by atoms with Crippen molar-refractivity contribution in [1.29, 1.82) is 0 Å². The van der Waals surface area contributed by atoms with Crippen molar-refractivity contribution in [2.24, 2.45) is 5.73 Å². The first-order valence-electron chi connectivity index (χ1n) is 9.99. The zero-order chi connectivity index (χ0) is 19.2. The maximum absolute atomic E-state index is 12.7. The summed E-state index contributed by atoms with van der Waals surface area (Å²) in [5.41, 5.74) is 6.61. The van der Waals surface area contributed by atoms with Crippen molar-refractivity contribution >= 4 is 17.5 Å². The Balaban J connectivity index is 1.55. The van der Waals surface area contributed by atoms with E-state index in [0.29, 0.717) is 26.1 Å². The number of nitrogens with zero attached hydrogens (tertiary/aromatic N) is 2. The van der Waals surface area contributed by atoms with Crippen molar-refractivity contribution in [3.05, 3.63) is 24.3 Å². The van der Waals surface area contributed by atoms with Gasteiger partial charge in [-0.15, -0.1) is 0 Å². The standard InChI is InChI=1S/C20H30N4O3/c1-2-27-18-9-4-3-7-16(18)23-13-11-22(12-14-23)15-19(25)24-10-6-5-8-17(24)20(21)26/h3-4,7,9,17H,2,5-6,8,10-15H2,1H3,(H2,21,26)/p+1/t17-/m1/s1. The Kier molecular flexibility index (Phi) is 6.55. The zero-order valence-corrected chi connectivity index (χ0v) is 16.2. The average Bonchev–Trinajstić information content (AvgIpc) is 2.69. The van der Waals surface area contributed by atoms with Gasteiger partial charge < -0.3 is 25.2 Å². The number of carbonyl (C=O) groups is 2. The van der Waals surface area contributed by atoms with Crippen LogP contribution in [0.5, 0.6) is 5.75 Å². The van der Waals surface area contributed by atoms with Gasteiger partial charge in [0, 0.05) is 6.54 Å². The third-order valence-electron chi connectivity index (χ3n) is 5.53. The van der Waals surface area contributed by atoms with E-state index >= 15 is 0 Å². The smallest absolute Gasteiger partial charge is 0.278 e. The van der Waals surface area contributed by atoms with E-state index in [2.05, 4.69) is 11.0 Å². The number of nitrogens with one attached hydrogen (secondary N) is 1. The van der Waals surface area contributed by atoms with Crippen molar-refractivity contribution in [3.63, 3.8) is 0 Å². The highest BCUT2D eigenvalue weighted by Crippen LogP contribution is 2.27. The van der Waals surface area contributed by atoms with Crippen LogP contribution >= 0.6 is 0 Å². The monoisotopic (exact) mass is 375 g/mol. The lowest BCUT2D eigenvalue weighted by atomic mass is 10.0. The highest BCUT2D eigenvalue weighted by Gasteiger charge is 2.33. The summed E-state index contributed by atoms with van der Waals surface area (Å²) in [4.78, 5) is 29.7. The molecule has 1 aromatic rings. The third-order valence-corrected chi connectivity index (χ3v) is 5.53. The van der Waals surface area contributed by atoms with E-state index in [1.54, 1.807) is 4.90 Å². The van der Waals surface area contributed by atoms with Crippen molar-refractivity contribution in [2.45, 2.75) is 32.2 Å². The van der Waals surface area contributed by atoms with Crippen molar-refractivity contribution < 1.29 is 19.2 Å². The summed E-state index contributed by atoms with van der Waals surface area (Å²) in [6.45, 7) is 7.26. The van der Waals surface area contributed by atoms with E-state index < -0.39 is 6.04 Å². The number of amides is 2. The molecule has 2 heterocycles. The van der Waals surface area contributed by atoms with Crippen LogP contribution in [0.2, 0.25) is 0 Å². The minimum atomic E-state index is -0.426. The zero-order valence-electron chi connectivity index (χ0n) is 16.2. The number of likely N-dealkylation sites (tertiary alicyclic amines) is 1. The fourth-order valence-corrected chi connectivity index (χ4v) is 4.08. The quantitative estimate of drug-likeness (QED) is 0.713. The van der Waals surface area contributed by atoms with Gasteiger partial charge in [0.1, 0.15) is 11.8 Å². The number of primary amides is 1.